The lowest BCUT2D eigenvalue weighted by molar-refractivity contribution is -0.140. The fraction of sp³-hybridized carbons (Fsp3) is 0.364. The maximum absolute atomic E-state index is 13.5. The summed E-state index contributed by atoms with van der Waals surface area (Å²) in [6.45, 7) is 1.65. The molecular weight excluding hydrogens is 420 g/mol. The van der Waals surface area contributed by atoms with E-state index in [4.69, 9.17) is 4.74 Å². The summed E-state index contributed by atoms with van der Waals surface area (Å²) in [6.07, 6.45) is 1.35. The fourth-order valence-corrected chi connectivity index (χ4v) is 4.00. The van der Waals surface area contributed by atoms with Crippen LogP contribution in [-0.4, -0.2) is 44.0 Å². The lowest BCUT2D eigenvalue weighted by atomic mass is 9.73. The van der Waals surface area contributed by atoms with Gasteiger partial charge in [-0.2, -0.15) is 0 Å². The molecule has 2 aromatic rings. The summed E-state index contributed by atoms with van der Waals surface area (Å²) in [4.78, 5) is 27.0. The second-order valence-corrected chi connectivity index (χ2v) is 8.05. The zero-order valence-electron chi connectivity index (χ0n) is 16.2. The van der Waals surface area contributed by atoms with Crippen LogP contribution < -0.4 is 5.32 Å². The quantitative estimate of drug-likeness (QED) is 0.767. The van der Waals surface area contributed by atoms with Gasteiger partial charge in [-0.25, -0.2) is 0 Å². The van der Waals surface area contributed by atoms with Crippen molar-refractivity contribution >= 4 is 27.7 Å². The molecule has 0 atom stereocenters. The van der Waals surface area contributed by atoms with Gasteiger partial charge in [-0.1, -0.05) is 40.2 Å². The summed E-state index contributed by atoms with van der Waals surface area (Å²) < 4.78 is 6.54. The molecule has 0 aromatic heterocycles. The van der Waals surface area contributed by atoms with Crippen LogP contribution in [0.3, 0.4) is 0 Å². The Morgan fingerprint density at radius 1 is 1.07 bits per heavy atom. The first kappa shape index (κ1) is 20.6. The number of benzene rings is 2. The highest BCUT2D eigenvalue weighted by Gasteiger charge is 2.43. The van der Waals surface area contributed by atoms with Crippen molar-refractivity contribution in [3.63, 3.8) is 0 Å². The molecule has 2 amide bonds. The number of nitrogens with one attached hydrogen (secondary N) is 1. The predicted molar refractivity (Wildman–Crippen MR) is 112 cm³/mol. The number of likely N-dealkylation sites (N-methyl/N-ethyl adjacent to an activating group) is 1. The highest BCUT2D eigenvalue weighted by atomic mass is 79.9. The summed E-state index contributed by atoms with van der Waals surface area (Å²) in [6, 6.07) is 15.4. The largest absolute Gasteiger partial charge is 0.381 e. The number of rotatable bonds is 5. The van der Waals surface area contributed by atoms with E-state index in [2.05, 4.69) is 21.2 Å². The third-order valence-electron chi connectivity index (χ3n) is 5.36. The van der Waals surface area contributed by atoms with E-state index < -0.39 is 5.41 Å². The van der Waals surface area contributed by atoms with Gasteiger partial charge in [0.2, 0.25) is 5.91 Å². The Balaban J connectivity index is 1.80. The van der Waals surface area contributed by atoms with Gasteiger partial charge >= 0.3 is 0 Å². The molecule has 2 aromatic carbocycles. The van der Waals surface area contributed by atoms with Gasteiger partial charge in [0.15, 0.2) is 0 Å². The monoisotopic (exact) mass is 444 g/mol. The summed E-state index contributed by atoms with van der Waals surface area (Å²) in [5, 5.41) is 2.61. The standard InChI is InChI=1S/C22H25BrN2O3/c1-24-20(26)17-5-3-16(4-6-17)15-25(2)21(27)22(11-13-28-14-12-22)18-7-9-19(23)10-8-18/h3-10H,11-15H2,1-2H3,(H,24,26). The van der Waals surface area contributed by atoms with E-state index in [-0.39, 0.29) is 11.8 Å². The van der Waals surface area contributed by atoms with Gasteiger partial charge < -0.3 is 15.0 Å². The van der Waals surface area contributed by atoms with Crippen molar-refractivity contribution in [2.75, 3.05) is 27.3 Å². The van der Waals surface area contributed by atoms with Crippen LogP contribution in [0.2, 0.25) is 0 Å². The maximum Gasteiger partial charge on any atom is 0.251 e. The van der Waals surface area contributed by atoms with Gasteiger partial charge in [0, 0.05) is 43.9 Å². The second-order valence-electron chi connectivity index (χ2n) is 7.14. The zero-order chi connectivity index (χ0) is 20.1. The number of halogens is 1. The van der Waals surface area contributed by atoms with Crippen molar-refractivity contribution in [1.29, 1.82) is 0 Å². The molecule has 0 saturated carbocycles. The Morgan fingerprint density at radius 3 is 2.25 bits per heavy atom. The minimum Gasteiger partial charge on any atom is -0.381 e. The zero-order valence-corrected chi connectivity index (χ0v) is 17.8. The Kier molecular flexibility index (Phi) is 6.52. The number of hydrogen-bond donors (Lipinski definition) is 1. The van der Waals surface area contributed by atoms with Gasteiger partial charge in [-0.15, -0.1) is 0 Å². The van der Waals surface area contributed by atoms with Crippen LogP contribution in [0.5, 0.6) is 0 Å². The Labute approximate surface area is 174 Å². The maximum atomic E-state index is 13.5. The molecule has 0 aliphatic carbocycles. The molecule has 28 heavy (non-hydrogen) atoms. The van der Waals surface area contributed by atoms with Crippen molar-refractivity contribution in [3.8, 4) is 0 Å². The first-order chi connectivity index (χ1) is 13.5. The number of nitrogens with zero attached hydrogens (tertiary/aromatic N) is 1. The molecule has 1 saturated heterocycles. The minimum atomic E-state index is -0.560. The average Bonchev–Trinajstić information content (AvgIpc) is 2.74. The first-order valence-corrected chi connectivity index (χ1v) is 10.2. The van der Waals surface area contributed by atoms with Gasteiger partial charge in [0.05, 0.1) is 5.41 Å². The Morgan fingerprint density at radius 2 is 1.68 bits per heavy atom. The van der Waals surface area contributed by atoms with Crippen LogP contribution in [0.15, 0.2) is 53.0 Å². The molecule has 148 valence electrons. The summed E-state index contributed by atoms with van der Waals surface area (Å²) in [5.74, 6) is -0.0131. The van der Waals surface area contributed by atoms with E-state index in [9.17, 15) is 9.59 Å². The molecule has 0 spiro atoms. The summed E-state index contributed by atoms with van der Waals surface area (Å²) in [5.41, 5.74) is 2.07. The number of carbonyl (C=O) groups excluding carboxylic acids is 2. The van der Waals surface area contributed by atoms with Crippen molar-refractivity contribution in [3.05, 3.63) is 69.7 Å². The molecule has 0 bridgehead atoms. The molecule has 1 fully saturated rings. The van der Waals surface area contributed by atoms with E-state index in [1.165, 1.54) is 0 Å². The molecule has 0 radical (unpaired) electrons. The molecule has 0 unspecified atom stereocenters. The summed E-state index contributed by atoms with van der Waals surface area (Å²) in [7, 11) is 3.45. The van der Waals surface area contributed by atoms with Crippen LogP contribution in [0, 0.1) is 0 Å². The highest BCUT2D eigenvalue weighted by Crippen LogP contribution is 2.37. The lowest BCUT2D eigenvalue weighted by Gasteiger charge is -2.39. The third kappa shape index (κ3) is 4.28. The van der Waals surface area contributed by atoms with Crippen LogP contribution in [0.4, 0.5) is 0 Å². The van der Waals surface area contributed by atoms with Gasteiger partial charge in [0.1, 0.15) is 0 Å². The Hall–Kier alpha value is -2.18. The fourth-order valence-electron chi connectivity index (χ4n) is 3.73. The molecule has 1 heterocycles. The van der Waals surface area contributed by atoms with E-state index in [1.807, 2.05) is 43.4 Å². The van der Waals surface area contributed by atoms with Gasteiger partial charge in [-0.05, 0) is 48.2 Å². The SMILES string of the molecule is CNC(=O)c1ccc(CN(C)C(=O)C2(c3ccc(Br)cc3)CCOCC2)cc1. The molecule has 1 N–H and O–H groups in total. The predicted octanol–water partition coefficient (Wildman–Crippen LogP) is 3.52. The van der Waals surface area contributed by atoms with Gasteiger partial charge in [0.25, 0.3) is 5.91 Å². The second kappa shape index (κ2) is 8.88. The normalized spacial score (nSPS) is 15.7. The summed E-state index contributed by atoms with van der Waals surface area (Å²) >= 11 is 3.47. The van der Waals surface area contributed by atoms with Crippen molar-refractivity contribution in [1.82, 2.24) is 10.2 Å². The van der Waals surface area contributed by atoms with Crippen molar-refractivity contribution in [2.45, 2.75) is 24.8 Å². The van der Waals surface area contributed by atoms with Crippen LogP contribution >= 0.6 is 15.9 Å². The first-order valence-electron chi connectivity index (χ1n) is 9.37. The van der Waals surface area contributed by atoms with E-state index in [0.29, 0.717) is 38.2 Å². The lowest BCUT2D eigenvalue weighted by Crippen LogP contribution is -2.48. The number of ether oxygens (including phenoxy) is 1. The number of amides is 2. The highest BCUT2D eigenvalue weighted by molar-refractivity contribution is 9.10. The molecule has 6 heteroatoms. The van der Waals surface area contributed by atoms with E-state index >= 15 is 0 Å². The van der Waals surface area contributed by atoms with Crippen LogP contribution in [0.25, 0.3) is 0 Å². The van der Waals surface area contributed by atoms with E-state index in [0.717, 1.165) is 15.6 Å². The van der Waals surface area contributed by atoms with Crippen LogP contribution in [0.1, 0.15) is 34.3 Å². The number of carbonyl (C=O) groups is 2. The average molecular weight is 445 g/mol. The third-order valence-corrected chi connectivity index (χ3v) is 5.89. The topological polar surface area (TPSA) is 58.6 Å². The molecule has 5 nitrogen and oxygen atoms in total. The molecule has 3 rings (SSSR count). The van der Waals surface area contributed by atoms with Crippen molar-refractivity contribution < 1.29 is 14.3 Å². The van der Waals surface area contributed by atoms with Crippen molar-refractivity contribution in [2.24, 2.45) is 0 Å². The van der Waals surface area contributed by atoms with Gasteiger partial charge in [-0.3, -0.25) is 9.59 Å². The van der Waals surface area contributed by atoms with E-state index in [1.54, 1.807) is 24.1 Å². The van der Waals surface area contributed by atoms with Crippen LogP contribution in [-0.2, 0) is 21.5 Å². The smallest absolute Gasteiger partial charge is 0.251 e. The minimum absolute atomic E-state index is 0.105. The Bertz CT molecular complexity index is 828. The molecule has 1 aliphatic rings. The molecular formula is C22H25BrN2O3. The number of hydrogen-bond acceptors (Lipinski definition) is 3. The molecule has 1 aliphatic heterocycles.